The van der Waals surface area contributed by atoms with Crippen LogP contribution >= 0.6 is 0 Å². The summed E-state index contributed by atoms with van der Waals surface area (Å²) in [5, 5.41) is 2.83. The summed E-state index contributed by atoms with van der Waals surface area (Å²) in [4.78, 5) is 24.2. The molecule has 0 fully saturated rings. The van der Waals surface area contributed by atoms with Crippen LogP contribution in [0, 0.1) is 0 Å². The molecule has 0 aromatic heterocycles. The van der Waals surface area contributed by atoms with Gasteiger partial charge in [-0.15, -0.1) is 0 Å². The predicted octanol–water partition coefficient (Wildman–Crippen LogP) is 4.85. The van der Waals surface area contributed by atoms with E-state index in [4.69, 9.17) is 14.2 Å². The third kappa shape index (κ3) is 7.19. The van der Waals surface area contributed by atoms with Gasteiger partial charge in [0.1, 0.15) is 18.1 Å². The first-order valence-electron chi connectivity index (χ1n) is 10.1. The quantitative estimate of drug-likeness (QED) is 0.476. The first kappa shape index (κ1) is 21.9. The van der Waals surface area contributed by atoms with Gasteiger partial charge in [-0.3, -0.25) is 9.59 Å². The van der Waals surface area contributed by atoms with Crippen LogP contribution in [0.5, 0.6) is 11.5 Å². The van der Waals surface area contributed by atoms with E-state index in [0.717, 1.165) is 17.0 Å². The normalized spacial score (nSPS) is 10.2. The predicted molar refractivity (Wildman–Crippen MR) is 118 cm³/mol. The number of ether oxygens (including phenoxy) is 3. The highest BCUT2D eigenvalue weighted by molar-refractivity contribution is 6.04. The molecule has 0 spiro atoms. The average molecular weight is 419 g/mol. The monoisotopic (exact) mass is 419 g/mol. The molecule has 6 heteroatoms. The molecule has 0 atom stereocenters. The molecular formula is C25H25NO5. The lowest BCUT2D eigenvalue weighted by Gasteiger charge is -2.09. The molecule has 0 saturated heterocycles. The highest BCUT2D eigenvalue weighted by Crippen LogP contribution is 2.17. The molecule has 6 nitrogen and oxygen atoms in total. The van der Waals surface area contributed by atoms with E-state index in [0.29, 0.717) is 17.9 Å². The van der Waals surface area contributed by atoms with E-state index in [-0.39, 0.29) is 31.5 Å². The summed E-state index contributed by atoms with van der Waals surface area (Å²) < 4.78 is 16.2. The fraction of sp³-hybridized carbons (Fsp3) is 0.200. The summed E-state index contributed by atoms with van der Waals surface area (Å²) in [5.74, 6) is 0.900. The molecule has 0 saturated carbocycles. The number of hydrogen-bond donors (Lipinski definition) is 1. The van der Waals surface area contributed by atoms with Gasteiger partial charge in [0.2, 0.25) is 0 Å². The van der Waals surface area contributed by atoms with Crippen molar-refractivity contribution in [2.45, 2.75) is 20.0 Å². The average Bonchev–Trinajstić information content (AvgIpc) is 2.80. The summed E-state index contributed by atoms with van der Waals surface area (Å²) in [6.07, 6.45) is 0.144. The minimum absolute atomic E-state index is 0.141. The van der Waals surface area contributed by atoms with Crippen LogP contribution < -0.4 is 14.8 Å². The molecule has 1 amide bonds. The van der Waals surface area contributed by atoms with Crippen LogP contribution in [0.25, 0.3) is 0 Å². The SMILES string of the molecule is CCOc1ccc(OCCC(=O)OCc2ccc(C(=O)Nc3ccccc3)cc2)cc1. The molecular weight excluding hydrogens is 394 g/mol. The molecule has 3 rings (SSSR count). The maximum Gasteiger partial charge on any atom is 0.309 e. The highest BCUT2D eigenvalue weighted by Gasteiger charge is 2.08. The van der Waals surface area contributed by atoms with E-state index in [1.807, 2.05) is 49.4 Å². The minimum Gasteiger partial charge on any atom is -0.494 e. The summed E-state index contributed by atoms with van der Waals surface area (Å²) in [6.45, 7) is 2.90. The second kappa shape index (κ2) is 11.4. The Bertz CT molecular complexity index is 969. The van der Waals surface area contributed by atoms with Crippen molar-refractivity contribution in [1.29, 1.82) is 0 Å². The summed E-state index contributed by atoms with van der Waals surface area (Å²) >= 11 is 0. The van der Waals surface area contributed by atoms with E-state index in [1.54, 1.807) is 36.4 Å². The van der Waals surface area contributed by atoms with Crippen LogP contribution in [0.2, 0.25) is 0 Å². The number of hydrogen-bond acceptors (Lipinski definition) is 5. The lowest BCUT2D eigenvalue weighted by molar-refractivity contribution is -0.145. The molecule has 0 unspecified atom stereocenters. The Hall–Kier alpha value is -3.80. The molecule has 3 aromatic carbocycles. The van der Waals surface area contributed by atoms with E-state index in [2.05, 4.69) is 5.32 Å². The third-order valence-corrected chi connectivity index (χ3v) is 4.36. The van der Waals surface area contributed by atoms with Crippen molar-refractivity contribution in [3.8, 4) is 11.5 Å². The van der Waals surface area contributed by atoms with Gasteiger partial charge < -0.3 is 19.5 Å². The molecule has 0 radical (unpaired) electrons. The second-order valence-electron chi connectivity index (χ2n) is 6.68. The number of rotatable bonds is 10. The van der Waals surface area contributed by atoms with Crippen molar-refractivity contribution < 1.29 is 23.8 Å². The highest BCUT2D eigenvalue weighted by atomic mass is 16.5. The van der Waals surface area contributed by atoms with E-state index < -0.39 is 0 Å². The van der Waals surface area contributed by atoms with Crippen LogP contribution in [0.3, 0.4) is 0 Å². The number of carbonyl (C=O) groups is 2. The van der Waals surface area contributed by atoms with E-state index in [1.165, 1.54) is 0 Å². The van der Waals surface area contributed by atoms with Gasteiger partial charge in [-0.2, -0.15) is 0 Å². The van der Waals surface area contributed by atoms with Crippen molar-refractivity contribution in [2.24, 2.45) is 0 Å². The maximum absolute atomic E-state index is 12.3. The molecule has 3 aromatic rings. The Morgan fingerprint density at radius 2 is 1.45 bits per heavy atom. The van der Waals surface area contributed by atoms with Crippen LogP contribution in [0.1, 0.15) is 29.3 Å². The van der Waals surface area contributed by atoms with Crippen molar-refractivity contribution in [2.75, 3.05) is 18.5 Å². The van der Waals surface area contributed by atoms with Crippen molar-refractivity contribution >= 4 is 17.6 Å². The molecule has 0 heterocycles. The molecule has 0 aliphatic carbocycles. The zero-order chi connectivity index (χ0) is 21.9. The molecule has 0 aliphatic heterocycles. The number of esters is 1. The van der Waals surface area contributed by atoms with Gasteiger partial charge in [-0.25, -0.2) is 0 Å². The largest absolute Gasteiger partial charge is 0.494 e. The summed E-state index contributed by atoms with van der Waals surface area (Å²) in [5.41, 5.74) is 2.07. The van der Waals surface area contributed by atoms with Gasteiger partial charge in [0.05, 0.1) is 19.6 Å². The maximum atomic E-state index is 12.3. The molecule has 0 aliphatic rings. The molecule has 0 bridgehead atoms. The Morgan fingerprint density at radius 1 is 0.806 bits per heavy atom. The van der Waals surface area contributed by atoms with Crippen LogP contribution in [-0.4, -0.2) is 25.1 Å². The fourth-order valence-corrected chi connectivity index (χ4v) is 2.76. The van der Waals surface area contributed by atoms with Gasteiger partial charge in [0.25, 0.3) is 5.91 Å². The van der Waals surface area contributed by atoms with Gasteiger partial charge in [0, 0.05) is 11.3 Å². The molecule has 160 valence electrons. The Kier molecular flexibility index (Phi) is 8.05. The van der Waals surface area contributed by atoms with Crippen LogP contribution in [-0.2, 0) is 16.1 Å². The second-order valence-corrected chi connectivity index (χ2v) is 6.68. The number of carbonyl (C=O) groups excluding carboxylic acids is 2. The van der Waals surface area contributed by atoms with Gasteiger partial charge in [-0.1, -0.05) is 30.3 Å². The zero-order valence-corrected chi connectivity index (χ0v) is 17.4. The number of anilines is 1. The Labute approximate surface area is 181 Å². The smallest absolute Gasteiger partial charge is 0.309 e. The lowest BCUT2D eigenvalue weighted by atomic mass is 10.1. The van der Waals surface area contributed by atoms with Crippen molar-refractivity contribution in [3.05, 3.63) is 90.0 Å². The Morgan fingerprint density at radius 3 is 2.10 bits per heavy atom. The van der Waals surface area contributed by atoms with Gasteiger partial charge in [0.15, 0.2) is 0 Å². The first-order chi connectivity index (χ1) is 15.1. The first-order valence-corrected chi connectivity index (χ1v) is 10.1. The molecule has 1 N–H and O–H groups in total. The lowest BCUT2D eigenvalue weighted by Crippen LogP contribution is -2.12. The topological polar surface area (TPSA) is 73.9 Å². The number of nitrogens with one attached hydrogen (secondary N) is 1. The fourth-order valence-electron chi connectivity index (χ4n) is 2.76. The Balaban J connectivity index is 1.38. The van der Waals surface area contributed by atoms with Crippen LogP contribution in [0.4, 0.5) is 5.69 Å². The number of benzene rings is 3. The minimum atomic E-state index is -0.350. The van der Waals surface area contributed by atoms with E-state index in [9.17, 15) is 9.59 Å². The van der Waals surface area contributed by atoms with Crippen molar-refractivity contribution in [3.63, 3.8) is 0 Å². The summed E-state index contributed by atoms with van der Waals surface area (Å²) in [7, 11) is 0. The van der Waals surface area contributed by atoms with E-state index >= 15 is 0 Å². The number of amides is 1. The number of para-hydroxylation sites is 1. The van der Waals surface area contributed by atoms with Crippen molar-refractivity contribution in [1.82, 2.24) is 0 Å². The molecule has 31 heavy (non-hydrogen) atoms. The summed E-state index contributed by atoms with van der Waals surface area (Å²) in [6, 6.07) is 23.4. The van der Waals surface area contributed by atoms with Gasteiger partial charge >= 0.3 is 5.97 Å². The zero-order valence-electron chi connectivity index (χ0n) is 17.4. The standard InChI is InChI=1S/C25H25NO5/c1-2-29-22-12-14-23(15-13-22)30-17-16-24(27)31-18-19-8-10-20(11-9-19)25(28)26-21-6-4-3-5-7-21/h3-15H,2,16-18H2,1H3,(H,26,28). The van der Waals surface area contributed by atoms with Crippen LogP contribution in [0.15, 0.2) is 78.9 Å². The third-order valence-electron chi connectivity index (χ3n) is 4.36. The van der Waals surface area contributed by atoms with Gasteiger partial charge in [-0.05, 0) is 61.0 Å².